The molecule has 0 N–H and O–H groups in total. The third-order valence-corrected chi connectivity index (χ3v) is 1.29. The topological polar surface area (TPSA) is 52.3 Å². The molecule has 0 saturated heterocycles. The van der Waals surface area contributed by atoms with E-state index in [1.165, 1.54) is 13.2 Å². The Morgan fingerprint density at radius 3 is 3.00 bits per heavy atom. The third kappa shape index (κ3) is 1.58. The van der Waals surface area contributed by atoms with Crippen molar-refractivity contribution >= 4 is 5.78 Å². The van der Waals surface area contributed by atoms with Gasteiger partial charge in [-0.25, -0.2) is 0 Å². The Morgan fingerprint density at radius 2 is 2.55 bits per heavy atom. The standard InChI is InChI=1S/C7H9NO3/c1-3-5(9)6-4-7(10-2)8-11-6/h4H,3H2,1-2H3. The maximum atomic E-state index is 11.0. The summed E-state index contributed by atoms with van der Waals surface area (Å²) in [4.78, 5) is 11.0. The van der Waals surface area contributed by atoms with Gasteiger partial charge in [0, 0.05) is 6.42 Å². The van der Waals surface area contributed by atoms with Crippen molar-refractivity contribution in [2.24, 2.45) is 0 Å². The van der Waals surface area contributed by atoms with E-state index in [-0.39, 0.29) is 11.5 Å². The fourth-order valence-corrected chi connectivity index (χ4v) is 0.661. The van der Waals surface area contributed by atoms with Crippen molar-refractivity contribution in [3.8, 4) is 5.88 Å². The minimum absolute atomic E-state index is 0.0687. The molecule has 0 aliphatic rings. The van der Waals surface area contributed by atoms with Crippen molar-refractivity contribution in [3.05, 3.63) is 11.8 Å². The van der Waals surface area contributed by atoms with Gasteiger partial charge < -0.3 is 9.26 Å². The van der Waals surface area contributed by atoms with E-state index < -0.39 is 0 Å². The summed E-state index contributed by atoms with van der Waals surface area (Å²) in [5, 5.41) is 3.49. The summed E-state index contributed by atoms with van der Waals surface area (Å²) < 4.78 is 9.42. The minimum Gasteiger partial charge on any atom is -0.479 e. The van der Waals surface area contributed by atoms with Gasteiger partial charge in [0.2, 0.25) is 11.5 Å². The summed E-state index contributed by atoms with van der Waals surface area (Å²) in [6.07, 6.45) is 0.415. The Balaban J connectivity index is 2.80. The Bertz CT molecular complexity index is 254. The van der Waals surface area contributed by atoms with E-state index in [1.54, 1.807) is 6.92 Å². The van der Waals surface area contributed by atoms with E-state index in [0.717, 1.165) is 0 Å². The molecular weight excluding hydrogens is 146 g/mol. The number of nitrogens with zero attached hydrogens (tertiary/aromatic N) is 1. The number of rotatable bonds is 3. The van der Waals surface area contributed by atoms with Crippen LogP contribution < -0.4 is 4.74 Å². The summed E-state index contributed by atoms with van der Waals surface area (Å²) in [6, 6.07) is 1.48. The number of ether oxygens (including phenoxy) is 1. The molecule has 1 heterocycles. The van der Waals surface area contributed by atoms with Gasteiger partial charge in [-0.1, -0.05) is 6.92 Å². The first-order chi connectivity index (χ1) is 5.27. The van der Waals surface area contributed by atoms with Gasteiger partial charge in [-0.15, -0.1) is 0 Å². The van der Waals surface area contributed by atoms with Crippen molar-refractivity contribution in [3.63, 3.8) is 0 Å². The van der Waals surface area contributed by atoms with Crippen LogP contribution in [0.4, 0.5) is 0 Å². The maximum absolute atomic E-state index is 11.0. The monoisotopic (exact) mass is 155 g/mol. The number of hydrogen-bond acceptors (Lipinski definition) is 4. The van der Waals surface area contributed by atoms with Gasteiger partial charge in [-0.2, -0.15) is 0 Å². The van der Waals surface area contributed by atoms with Gasteiger partial charge in [-0.3, -0.25) is 4.79 Å². The lowest BCUT2D eigenvalue weighted by Crippen LogP contribution is -1.92. The predicted molar refractivity (Wildman–Crippen MR) is 37.7 cm³/mol. The molecule has 0 fully saturated rings. The molecule has 0 spiro atoms. The van der Waals surface area contributed by atoms with Gasteiger partial charge in [0.05, 0.1) is 13.2 Å². The summed E-state index contributed by atoms with van der Waals surface area (Å²) >= 11 is 0. The Hall–Kier alpha value is -1.32. The van der Waals surface area contributed by atoms with Gasteiger partial charge >= 0.3 is 0 Å². The number of hydrogen-bond donors (Lipinski definition) is 0. The van der Waals surface area contributed by atoms with Crippen LogP contribution in [0.15, 0.2) is 10.6 Å². The fraction of sp³-hybridized carbons (Fsp3) is 0.429. The molecule has 0 amide bonds. The highest BCUT2D eigenvalue weighted by atomic mass is 16.5. The van der Waals surface area contributed by atoms with Crippen LogP contribution in [0.2, 0.25) is 0 Å². The highest BCUT2D eigenvalue weighted by molar-refractivity contribution is 5.93. The Labute approximate surface area is 64.1 Å². The van der Waals surface area contributed by atoms with Crippen LogP contribution in [-0.2, 0) is 0 Å². The van der Waals surface area contributed by atoms with E-state index in [1.807, 2.05) is 0 Å². The molecule has 0 bridgehead atoms. The number of carbonyl (C=O) groups is 1. The van der Waals surface area contributed by atoms with Gasteiger partial charge in [0.1, 0.15) is 0 Å². The third-order valence-electron chi connectivity index (χ3n) is 1.29. The van der Waals surface area contributed by atoms with E-state index in [4.69, 9.17) is 4.74 Å². The van der Waals surface area contributed by atoms with E-state index in [2.05, 4.69) is 9.68 Å². The molecule has 0 unspecified atom stereocenters. The highest BCUT2D eigenvalue weighted by Crippen LogP contribution is 2.11. The van der Waals surface area contributed by atoms with Crippen molar-refractivity contribution < 1.29 is 14.1 Å². The molecular formula is C7H9NO3. The number of methoxy groups -OCH3 is 1. The van der Waals surface area contributed by atoms with Crippen LogP contribution in [0.25, 0.3) is 0 Å². The van der Waals surface area contributed by atoms with Crippen LogP contribution in [0.1, 0.15) is 23.9 Å². The zero-order valence-corrected chi connectivity index (χ0v) is 6.46. The number of Topliss-reactive ketones (excluding diaryl/α,β-unsaturated/α-hetero) is 1. The van der Waals surface area contributed by atoms with Crippen molar-refractivity contribution in [1.82, 2.24) is 5.16 Å². The van der Waals surface area contributed by atoms with Gasteiger partial charge in [0.25, 0.3) is 5.88 Å². The number of aromatic nitrogens is 1. The Morgan fingerprint density at radius 1 is 1.82 bits per heavy atom. The van der Waals surface area contributed by atoms with Crippen LogP contribution in [0.5, 0.6) is 5.88 Å². The van der Waals surface area contributed by atoms with Crippen LogP contribution >= 0.6 is 0 Å². The van der Waals surface area contributed by atoms with Crippen molar-refractivity contribution in [1.29, 1.82) is 0 Å². The molecule has 11 heavy (non-hydrogen) atoms. The van der Waals surface area contributed by atoms with Gasteiger partial charge in [-0.05, 0) is 5.16 Å². The minimum atomic E-state index is -0.0687. The second-order valence-corrected chi connectivity index (χ2v) is 2.01. The average molecular weight is 155 g/mol. The summed E-state index contributed by atoms with van der Waals surface area (Å²) in [5.74, 6) is 0.520. The molecule has 0 aromatic carbocycles. The fourth-order valence-electron chi connectivity index (χ4n) is 0.661. The summed E-state index contributed by atoms with van der Waals surface area (Å²) in [6.45, 7) is 1.76. The molecule has 0 atom stereocenters. The second-order valence-electron chi connectivity index (χ2n) is 2.01. The molecule has 1 aromatic heterocycles. The van der Waals surface area contributed by atoms with Crippen molar-refractivity contribution in [2.45, 2.75) is 13.3 Å². The quantitative estimate of drug-likeness (QED) is 0.617. The molecule has 1 aromatic rings. The van der Waals surface area contributed by atoms with Crippen LogP contribution in [0.3, 0.4) is 0 Å². The first-order valence-electron chi connectivity index (χ1n) is 3.31. The molecule has 1 rings (SSSR count). The largest absolute Gasteiger partial charge is 0.479 e. The second kappa shape index (κ2) is 3.18. The van der Waals surface area contributed by atoms with Crippen LogP contribution in [-0.4, -0.2) is 18.0 Å². The first-order valence-corrected chi connectivity index (χ1v) is 3.31. The zero-order chi connectivity index (χ0) is 8.27. The average Bonchev–Trinajstić information content (AvgIpc) is 2.50. The highest BCUT2D eigenvalue weighted by Gasteiger charge is 2.10. The Kier molecular flexibility index (Phi) is 2.25. The van der Waals surface area contributed by atoms with E-state index >= 15 is 0 Å². The SMILES string of the molecule is CCC(=O)c1cc(OC)no1. The number of carbonyl (C=O) groups excluding carboxylic acids is 1. The van der Waals surface area contributed by atoms with Gasteiger partial charge in [0.15, 0.2) is 0 Å². The van der Waals surface area contributed by atoms with Crippen LogP contribution in [0, 0.1) is 0 Å². The molecule has 60 valence electrons. The van der Waals surface area contributed by atoms with Crippen molar-refractivity contribution in [2.75, 3.05) is 7.11 Å². The molecule has 0 radical (unpaired) electrons. The first kappa shape index (κ1) is 7.78. The maximum Gasteiger partial charge on any atom is 0.254 e. The molecule has 0 aliphatic heterocycles. The lowest BCUT2D eigenvalue weighted by molar-refractivity contribution is 0.0952. The van der Waals surface area contributed by atoms with E-state index in [0.29, 0.717) is 12.3 Å². The molecule has 4 nitrogen and oxygen atoms in total. The number of ketones is 1. The lowest BCUT2D eigenvalue weighted by atomic mass is 10.2. The predicted octanol–water partition coefficient (Wildman–Crippen LogP) is 1.28. The molecule has 4 heteroatoms. The molecule has 0 saturated carbocycles. The zero-order valence-electron chi connectivity index (χ0n) is 6.46. The normalized spacial score (nSPS) is 9.64. The smallest absolute Gasteiger partial charge is 0.254 e. The molecule has 0 aliphatic carbocycles. The van der Waals surface area contributed by atoms with E-state index in [9.17, 15) is 4.79 Å². The lowest BCUT2D eigenvalue weighted by Gasteiger charge is -1.85. The summed E-state index contributed by atoms with van der Waals surface area (Å²) in [7, 11) is 1.47. The summed E-state index contributed by atoms with van der Waals surface area (Å²) in [5.41, 5.74) is 0.